The number of ketones is 2. The maximum absolute atomic E-state index is 12.4. The summed E-state index contributed by atoms with van der Waals surface area (Å²) in [5, 5.41) is 17.6. The second kappa shape index (κ2) is 11.8. The van der Waals surface area contributed by atoms with E-state index in [-0.39, 0.29) is 11.6 Å². The summed E-state index contributed by atoms with van der Waals surface area (Å²) >= 11 is 0. The molecule has 4 aromatic rings. The molecule has 2 heterocycles. The van der Waals surface area contributed by atoms with Gasteiger partial charge in [-0.05, 0) is 54.7 Å². The van der Waals surface area contributed by atoms with Crippen LogP contribution in [0, 0.1) is 0 Å². The van der Waals surface area contributed by atoms with Crippen molar-refractivity contribution in [3.8, 4) is 0 Å². The minimum atomic E-state index is 0.137. The van der Waals surface area contributed by atoms with Gasteiger partial charge in [-0.15, -0.1) is 0 Å². The van der Waals surface area contributed by atoms with Crippen molar-refractivity contribution in [3.05, 3.63) is 119 Å². The van der Waals surface area contributed by atoms with E-state index in [9.17, 15) is 9.59 Å². The number of hydrogen-bond donors (Lipinski definition) is 0. The molecule has 6 nitrogen and oxygen atoms in total. The molecule has 2 aromatic heterocycles. The lowest BCUT2D eigenvalue weighted by molar-refractivity contribution is -0.118. The molecule has 0 radical (unpaired) electrons. The molecule has 37 heavy (non-hydrogen) atoms. The van der Waals surface area contributed by atoms with Crippen LogP contribution in [0.5, 0.6) is 0 Å². The fraction of sp³-hybridized carbons (Fsp3) is 0.290. The molecule has 186 valence electrons. The Morgan fingerprint density at radius 2 is 0.973 bits per heavy atom. The van der Waals surface area contributed by atoms with Crippen LogP contribution >= 0.6 is 0 Å². The highest BCUT2D eigenvalue weighted by Gasteiger charge is 2.29. The van der Waals surface area contributed by atoms with Crippen LogP contribution in [0.1, 0.15) is 65.0 Å². The Hall–Kier alpha value is -4.06. The Morgan fingerprint density at radius 1 is 0.541 bits per heavy atom. The zero-order chi connectivity index (χ0) is 25.5. The van der Waals surface area contributed by atoms with Gasteiger partial charge in [0.25, 0.3) is 0 Å². The van der Waals surface area contributed by atoms with E-state index in [1.165, 1.54) is 0 Å². The zero-order valence-corrected chi connectivity index (χ0v) is 20.8. The number of carbonyl (C=O) groups excluding carboxylic acids is 2. The molecule has 6 heteroatoms. The van der Waals surface area contributed by atoms with Crippen LogP contribution in [0.4, 0.5) is 0 Å². The third-order valence-electron chi connectivity index (χ3n) is 6.99. The molecule has 1 aliphatic rings. The predicted octanol–water partition coefficient (Wildman–Crippen LogP) is 5.03. The lowest BCUT2D eigenvalue weighted by Crippen LogP contribution is -2.10. The largest absolute Gasteiger partial charge is 0.299 e. The van der Waals surface area contributed by atoms with E-state index in [2.05, 4.69) is 20.4 Å². The number of carbonyl (C=O) groups is 2. The molecule has 2 atom stereocenters. The lowest BCUT2D eigenvalue weighted by Gasteiger charge is -2.11. The molecule has 5 rings (SSSR count). The first-order chi connectivity index (χ1) is 18.1. The Labute approximate surface area is 217 Å². The van der Waals surface area contributed by atoms with E-state index in [1.54, 1.807) is 0 Å². The second-order valence-corrected chi connectivity index (χ2v) is 9.86. The van der Waals surface area contributed by atoms with Gasteiger partial charge in [0.15, 0.2) is 0 Å². The summed E-state index contributed by atoms with van der Waals surface area (Å²) in [6.45, 7) is 0. The van der Waals surface area contributed by atoms with Crippen LogP contribution in [-0.4, -0.2) is 32.0 Å². The van der Waals surface area contributed by atoms with Gasteiger partial charge >= 0.3 is 0 Å². The maximum Gasteiger partial charge on any atom is 0.143 e. The first kappa shape index (κ1) is 24.6. The summed E-state index contributed by atoms with van der Waals surface area (Å²) in [6, 6.07) is 27.4. The summed E-state index contributed by atoms with van der Waals surface area (Å²) in [7, 11) is 0. The molecule has 1 aliphatic carbocycles. The zero-order valence-electron chi connectivity index (χ0n) is 20.8. The monoisotopic (exact) mass is 490 g/mol. The second-order valence-electron chi connectivity index (χ2n) is 9.86. The van der Waals surface area contributed by atoms with Gasteiger partial charge in [-0.2, -0.15) is 20.4 Å². The van der Waals surface area contributed by atoms with Crippen LogP contribution < -0.4 is 0 Å². The van der Waals surface area contributed by atoms with Crippen molar-refractivity contribution in [2.75, 3.05) is 0 Å². The van der Waals surface area contributed by atoms with Crippen LogP contribution in [0.15, 0.2) is 84.9 Å². The maximum atomic E-state index is 12.4. The molecule has 1 saturated carbocycles. The van der Waals surface area contributed by atoms with E-state index >= 15 is 0 Å². The van der Waals surface area contributed by atoms with Gasteiger partial charge in [0, 0.05) is 24.7 Å². The fourth-order valence-corrected chi connectivity index (χ4v) is 5.06. The Morgan fingerprint density at radius 3 is 1.35 bits per heavy atom. The summed E-state index contributed by atoms with van der Waals surface area (Å²) in [5.41, 5.74) is 5.40. The molecule has 0 spiro atoms. The van der Waals surface area contributed by atoms with Gasteiger partial charge in [-0.3, -0.25) is 9.59 Å². The van der Waals surface area contributed by atoms with Crippen molar-refractivity contribution >= 4 is 11.6 Å². The fourth-order valence-electron chi connectivity index (χ4n) is 5.06. The molecule has 0 bridgehead atoms. The number of aromatic nitrogens is 4. The number of Topliss-reactive ketones (excluding diaryl/α,β-unsaturated/α-hetero) is 2. The highest BCUT2D eigenvalue weighted by Crippen LogP contribution is 2.42. The van der Waals surface area contributed by atoms with Crippen LogP contribution in [-0.2, 0) is 35.3 Å². The van der Waals surface area contributed by atoms with Crippen molar-refractivity contribution in [3.63, 3.8) is 0 Å². The third-order valence-corrected chi connectivity index (χ3v) is 6.99. The summed E-state index contributed by atoms with van der Waals surface area (Å²) in [6.07, 6.45) is 4.40. The van der Waals surface area contributed by atoms with Gasteiger partial charge in [0.2, 0.25) is 0 Å². The van der Waals surface area contributed by atoms with Gasteiger partial charge < -0.3 is 0 Å². The van der Waals surface area contributed by atoms with E-state index in [0.717, 1.165) is 41.8 Å². The van der Waals surface area contributed by atoms with E-state index in [4.69, 9.17) is 0 Å². The van der Waals surface area contributed by atoms with Gasteiger partial charge in [0.1, 0.15) is 11.6 Å². The summed E-state index contributed by atoms with van der Waals surface area (Å²) < 4.78 is 0. The molecule has 0 saturated heterocycles. The van der Waals surface area contributed by atoms with Crippen molar-refractivity contribution in [1.82, 2.24) is 20.4 Å². The molecular formula is C31H30N4O2. The molecule has 0 aliphatic heterocycles. The molecule has 2 aromatic carbocycles. The molecule has 0 unspecified atom stereocenters. The average Bonchev–Trinajstić information content (AvgIpc) is 3.41. The van der Waals surface area contributed by atoms with Crippen molar-refractivity contribution in [2.45, 2.75) is 56.8 Å². The number of hydrogen-bond acceptors (Lipinski definition) is 6. The Balaban J connectivity index is 1.12. The topological polar surface area (TPSA) is 85.7 Å². The number of nitrogens with zero attached hydrogens (tertiary/aromatic N) is 4. The van der Waals surface area contributed by atoms with Crippen LogP contribution in [0.2, 0.25) is 0 Å². The normalized spacial score (nSPS) is 17.0. The first-order valence-electron chi connectivity index (χ1n) is 12.9. The number of rotatable bonds is 10. The van der Waals surface area contributed by atoms with Crippen molar-refractivity contribution in [2.24, 2.45) is 0 Å². The smallest absolute Gasteiger partial charge is 0.143 e. The SMILES string of the molecule is O=C(Cc1ccccc1)Cc1ccc([C@@H]2CC[C@H](c3ccc(CC(=O)Cc4ccccc4)nn3)C2)nn1. The molecule has 1 fully saturated rings. The first-order valence-corrected chi connectivity index (χ1v) is 12.9. The lowest BCUT2D eigenvalue weighted by atomic mass is 9.98. The Kier molecular flexibility index (Phi) is 7.84. The average molecular weight is 491 g/mol. The number of benzene rings is 2. The Bertz CT molecular complexity index is 1220. The molecular weight excluding hydrogens is 460 g/mol. The van der Waals surface area contributed by atoms with Crippen molar-refractivity contribution in [1.29, 1.82) is 0 Å². The third kappa shape index (κ3) is 6.79. The molecule has 0 amide bonds. The van der Waals surface area contributed by atoms with E-state index < -0.39 is 0 Å². The van der Waals surface area contributed by atoms with Crippen LogP contribution in [0.25, 0.3) is 0 Å². The minimum Gasteiger partial charge on any atom is -0.299 e. The highest BCUT2D eigenvalue weighted by molar-refractivity contribution is 5.83. The van der Waals surface area contributed by atoms with Gasteiger partial charge in [-0.1, -0.05) is 60.7 Å². The summed E-state index contributed by atoms with van der Waals surface area (Å²) in [5.74, 6) is 0.914. The standard InChI is InChI=1S/C31H30N4O2/c36-28(17-22-7-3-1-4-8-22)20-26-13-15-30(34-32-26)24-11-12-25(19-24)31-16-14-27(33-35-31)21-29(37)18-23-9-5-2-6-10-23/h1-10,13-16,24-25H,11-12,17-21H2/t24-,25+. The van der Waals surface area contributed by atoms with Gasteiger partial charge in [0.05, 0.1) is 35.6 Å². The highest BCUT2D eigenvalue weighted by atomic mass is 16.1. The predicted molar refractivity (Wildman–Crippen MR) is 141 cm³/mol. The van der Waals surface area contributed by atoms with Crippen LogP contribution in [0.3, 0.4) is 0 Å². The van der Waals surface area contributed by atoms with Crippen molar-refractivity contribution < 1.29 is 9.59 Å². The minimum absolute atomic E-state index is 0.137. The quantitative estimate of drug-likeness (QED) is 0.310. The molecule has 0 N–H and O–H groups in total. The van der Waals surface area contributed by atoms with E-state index in [0.29, 0.717) is 48.9 Å². The summed E-state index contributed by atoms with van der Waals surface area (Å²) in [4.78, 5) is 24.8. The van der Waals surface area contributed by atoms with Gasteiger partial charge in [-0.25, -0.2) is 0 Å². The van der Waals surface area contributed by atoms with E-state index in [1.807, 2.05) is 84.9 Å².